The Balaban J connectivity index is 2.08. The van der Waals surface area contributed by atoms with Gasteiger partial charge in [0.15, 0.2) is 0 Å². The molecule has 2 unspecified atom stereocenters. The number of nitro benzene ring substituents is 1. The Morgan fingerprint density at radius 3 is 3.00 bits per heavy atom. The smallest absolute Gasteiger partial charge is 0.292 e. The average molecular weight is 271 g/mol. The molecule has 1 aromatic rings. The fourth-order valence-corrected chi connectivity index (χ4v) is 2.27. The predicted molar refractivity (Wildman–Crippen MR) is 70.1 cm³/mol. The zero-order valence-corrected chi connectivity index (χ0v) is 10.8. The number of ether oxygens (including phenoxy) is 1. The van der Waals surface area contributed by atoms with Crippen LogP contribution in [0.1, 0.15) is 13.3 Å². The first-order chi connectivity index (χ1) is 8.58. The molecule has 0 aliphatic carbocycles. The lowest BCUT2D eigenvalue weighted by atomic mass is 10.0. The highest BCUT2D eigenvalue weighted by Gasteiger charge is 2.24. The van der Waals surface area contributed by atoms with Gasteiger partial charge in [0.1, 0.15) is 5.69 Å². The second-order valence-corrected chi connectivity index (χ2v) is 4.86. The third-order valence-electron chi connectivity index (χ3n) is 3.24. The number of anilines is 1. The summed E-state index contributed by atoms with van der Waals surface area (Å²) < 4.78 is 5.46. The lowest BCUT2D eigenvalue weighted by Crippen LogP contribution is -2.21. The molecule has 0 radical (unpaired) electrons. The summed E-state index contributed by atoms with van der Waals surface area (Å²) in [4.78, 5) is 10.5. The van der Waals surface area contributed by atoms with E-state index in [2.05, 4.69) is 5.32 Å². The van der Waals surface area contributed by atoms with Gasteiger partial charge >= 0.3 is 0 Å². The van der Waals surface area contributed by atoms with E-state index in [1.54, 1.807) is 6.07 Å². The fraction of sp³-hybridized carbons (Fsp3) is 0.500. The van der Waals surface area contributed by atoms with Crippen LogP contribution in [0, 0.1) is 16.0 Å². The van der Waals surface area contributed by atoms with E-state index >= 15 is 0 Å². The molecule has 0 amide bonds. The summed E-state index contributed by atoms with van der Waals surface area (Å²) in [5.74, 6) is 0.378. The van der Waals surface area contributed by atoms with Crippen molar-refractivity contribution in [3.8, 4) is 0 Å². The molecule has 1 N–H and O–H groups in total. The van der Waals surface area contributed by atoms with Crippen LogP contribution < -0.4 is 5.32 Å². The highest BCUT2D eigenvalue weighted by molar-refractivity contribution is 6.31. The lowest BCUT2D eigenvalue weighted by molar-refractivity contribution is -0.384. The van der Waals surface area contributed by atoms with E-state index in [9.17, 15) is 10.1 Å². The van der Waals surface area contributed by atoms with Crippen LogP contribution in [0.15, 0.2) is 18.2 Å². The first-order valence-electron chi connectivity index (χ1n) is 5.87. The van der Waals surface area contributed by atoms with Gasteiger partial charge in [-0.2, -0.15) is 0 Å². The minimum Gasteiger partial charge on any atom is -0.379 e. The van der Waals surface area contributed by atoms with Crippen LogP contribution in [0.25, 0.3) is 0 Å². The minimum absolute atomic E-state index is 0.0472. The molecular weight excluding hydrogens is 256 g/mol. The van der Waals surface area contributed by atoms with Crippen LogP contribution >= 0.6 is 11.6 Å². The molecule has 1 aliphatic heterocycles. The molecule has 18 heavy (non-hydrogen) atoms. The Hall–Kier alpha value is -1.33. The summed E-state index contributed by atoms with van der Waals surface area (Å²) in [6, 6.07) is 4.52. The number of nitrogens with one attached hydrogen (secondary N) is 1. The zero-order valence-electron chi connectivity index (χ0n) is 10.1. The second kappa shape index (κ2) is 5.54. The molecule has 1 aliphatic rings. The van der Waals surface area contributed by atoms with Crippen molar-refractivity contribution in [3.63, 3.8) is 0 Å². The molecule has 1 aromatic carbocycles. The Bertz CT molecular complexity index is 453. The van der Waals surface area contributed by atoms with E-state index in [0.717, 1.165) is 13.0 Å². The quantitative estimate of drug-likeness (QED) is 0.674. The molecular formula is C12H15ClN2O3. The van der Waals surface area contributed by atoms with Crippen molar-refractivity contribution in [2.24, 2.45) is 5.92 Å². The van der Waals surface area contributed by atoms with Gasteiger partial charge in [0.05, 0.1) is 11.0 Å². The van der Waals surface area contributed by atoms with Crippen LogP contribution in [0.5, 0.6) is 0 Å². The van der Waals surface area contributed by atoms with E-state index in [1.165, 1.54) is 12.1 Å². The topological polar surface area (TPSA) is 64.4 Å². The van der Waals surface area contributed by atoms with Gasteiger partial charge < -0.3 is 10.1 Å². The molecule has 0 saturated carbocycles. The Morgan fingerprint density at radius 2 is 2.39 bits per heavy atom. The van der Waals surface area contributed by atoms with Gasteiger partial charge in [-0.25, -0.2) is 0 Å². The summed E-state index contributed by atoms with van der Waals surface area (Å²) in [5.41, 5.74) is 0.512. The summed E-state index contributed by atoms with van der Waals surface area (Å²) in [6.45, 7) is 3.43. The molecule has 1 heterocycles. The van der Waals surface area contributed by atoms with Crippen LogP contribution in [-0.2, 0) is 4.74 Å². The minimum atomic E-state index is -0.409. The first-order valence-corrected chi connectivity index (χ1v) is 6.25. The van der Waals surface area contributed by atoms with E-state index in [-0.39, 0.29) is 11.8 Å². The number of rotatable bonds is 4. The standard InChI is InChI=1S/C12H15ClN2O3/c1-8-9(4-5-18-8)7-14-11-6-10(13)2-3-12(11)15(16)17/h2-3,6,8-9,14H,4-5,7H2,1H3. The van der Waals surface area contributed by atoms with Gasteiger partial charge in [0.25, 0.3) is 5.69 Å². The Morgan fingerprint density at radius 1 is 1.61 bits per heavy atom. The van der Waals surface area contributed by atoms with Gasteiger partial charge in [-0.05, 0) is 25.5 Å². The average Bonchev–Trinajstić information content (AvgIpc) is 2.72. The third kappa shape index (κ3) is 2.91. The van der Waals surface area contributed by atoms with Crippen molar-refractivity contribution in [3.05, 3.63) is 33.3 Å². The molecule has 0 spiro atoms. The molecule has 2 rings (SSSR count). The van der Waals surface area contributed by atoms with E-state index in [0.29, 0.717) is 23.2 Å². The van der Waals surface area contributed by atoms with Gasteiger partial charge in [0, 0.05) is 30.2 Å². The van der Waals surface area contributed by atoms with Crippen molar-refractivity contribution in [1.29, 1.82) is 0 Å². The highest BCUT2D eigenvalue weighted by atomic mass is 35.5. The highest BCUT2D eigenvalue weighted by Crippen LogP contribution is 2.29. The zero-order chi connectivity index (χ0) is 13.1. The van der Waals surface area contributed by atoms with Gasteiger partial charge in [-0.15, -0.1) is 0 Å². The normalized spacial score (nSPS) is 23.0. The predicted octanol–water partition coefficient (Wildman–Crippen LogP) is 3.09. The molecule has 1 saturated heterocycles. The van der Waals surface area contributed by atoms with E-state index < -0.39 is 4.92 Å². The molecule has 98 valence electrons. The summed E-state index contributed by atoms with van der Waals surface area (Å²) in [5, 5.41) is 14.5. The molecule has 6 heteroatoms. The van der Waals surface area contributed by atoms with Crippen LogP contribution in [0.3, 0.4) is 0 Å². The Labute approximate surface area is 110 Å². The molecule has 1 fully saturated rings. The van der Waals surface area contributed by atoms with E-state index in [1.807, 2.05) is 6.92 Å². The third-order valence-corrected chi connectivity index (χ3v) is 3.48. The number of halogens is 1. The summed E-state index contributed by atoms with van der Waals surface area (Å²) in [7, 11) is 0. The number of hydrogen-bond acceptors (Lipinski definition) is 4. The van der Waals surface area contributed by atoms with Gasteiger partial charge in [-0.3, -0.25) is 10.1 Å². The fourth-order valence-electron chi connectivity index (χ4n) is 2.09. The number of nitrogens with zero attached hydrogens (tertiary/aromatic N) is 1. The monoisotopic (exact) mass is 270 g/mol. The maximum absolute atomic E-state index is 10.9. The van der Waals surface area contributed by atoms with Crippen LogP contribution in [-0.4, -0.2) is 24.2 Å². The molecule has 5 nitrogen and oxygen atoms in total. The summed E-state index contributed by atoms with van der Waals surface area (Å²) >= 11 is 5.86. The van der Waals surface area contributed by atoms with Crippen molar-refractivity contribution in [2.75, 3.05) is 18.5 Å². The van der Waals surface area contributed by atoms with Crippen LogP contribution in [0.2, 0.25) is 5.02 Å². The molecule has 2 atom stereocenters. The van der Waals surface area contributed by atoms with Crippen molar-refractivity contribution in [1.82, 2.24) is 0 Å². The van der Waals surface area contributed by atoms with E-state index in [4.69, 9.17) is 16.3 Å². The molecule has 0 aromatic heterocycles. The van der Waals surface area contributed by atoms with Gasteiger partial charge in [0.2, 0.25) is 0 Å². The number of benzene rings is 1. The first kappa shape index (κ1) is 13.1. The molecule has 0 bridgehead atoms. The SMILES string of the molecule is CC1OCCC1CNc1cc(Cl)ccc1[N+](=O)[O-]. The largest absolute Gasteiger partial charge is 0.379 e. The van der Waals surface area contributed by atoms with Crippen LogP contribution in [0.4, 0.5) is 11.4 Å². The lowest BCUT2D eigenvalue weighted by Gasteiger charge is -2.15. The summed E-state index contributed by atoms with van der Waals surface area (Å²) in [6.07, 6.45) is 1.17. The maximum Gasteiger partial charge on any atom is 0.292 e. The Kier molecular flexibility index (Phi) is 4.04. The number of nitro groups is 1. The van der Waals surface area contributed by atoms with Crippen molar-refractivity contribution < 1.29 is 9.66 Å². The number of hydrogen-bond donors (Lipinski definition) is 1. The second-order valence-electron chi connectivity index (χ2n) is 4.42. The maximum atomic E-state index is 10.9. The van der Waals surface area contributed by atoms with Crippen molar-refractivity contribution in [2.45, 2.75) is 19.4 Å². The van der Waals surface area contributed by atoms with Gasteiger partial charge in [-0.1, -0.05) is 11.6 Å². The van der Waals surface area contributed by atoms with Crippen molar-refractivity contribution >= 4 is 23.0 Å².